The van der Waals surface area contributed by atoms with Crippen LogP contribution in [0.1, 0.15) is 6.92 Å². The van der Waals surface area contributed by atoms with Crippen molar-refractivity contribution in [2.75, 3.05) is 13.1 Å². The Morgan fingerprint density at radius 3 is 2.25 bits per heavy atom. The molecule has 50 valence electrons. The third-order valence-corrected chi connectivity index (χ3v) is 0.805. The molecule has 1 atom stereocenters. The molecule has 0 aromatic heterocycles. The van der Waals surface area contributed by atoms with Gasteiger partial charge in [0, 0.05) is 0 Å². The second-order valence-electron chi connectivity index (χ2n) is 1.58. The van der Waals surface area contributed by atoms with E-state index in [1.54, 1.807) is 6.92 Å². The van der Waals surface area contributed by atoms with Gasteiger partial charge in [-0.25, -0.2) is 0 Å². The Labute approximate surface area is 47.9 Å². The summed E-state index contributed by atoms with van der Waals surface area (Å²) in [5, 5.41) is 26.6. The molecule has 0 bridgehead atoms. The molecule has 0 aliphatic heterocycles. The Bertz CT molecular complexity index is 57.2. The van der Waals surface area contributed by atoms with E-state index in [-0.39, 0.29) is 11.6 Å². The van der Waals surface area contributed by atoms with Gasteiger partial charge in [0.15, 0.2) is 0 Å². The van der Waals surface area contributed by atoms with Crippen molar-refractivity contribution in [3.8, 4) is 0 Å². The number of hydrogen-bond donors (Lipinski definition) is 3. The largest absolute Gasteiger partial charge is 0.634 e. The number of hydrogen-bond acceptors (Lipinski definition) is 3. The van der Waals surface area contributed by atoms with Crippen LogP contribution < -0.4 is 5.06 Å². The number of rotatable bonds is 3. The number of quaternary nitrogens is 1. The van der Waals surface area contributed by atoms with Crippen molar-refractivity contribution in [1.82, 2.24) is 0 Å². The van der Waals surface area contributed by atoms with E-state index in [2.05, 4.69) is 0 Å². The Balaban J connectivity index is 3.10. The molecular formula is C4H11NO3. The summed E-state index contributed by atoms with van der Waals surface area (Å²) in [7, 11) is 0. The van der Waals surface area contributed by atoms with Crippen LogP contribution >= 0.6 is 0 Å². The SMILES string of the molecule is CC[NH+]([O-])CC(O)O. The topological polar surface area (TPSA) is 68.0 Å². The summed E-state index contributed by atoms with van der Waals surface area (Å²) in [6, 6.07) is 0. The Morgan fingerprint density at radius 2 is 2.12 bits per heavy atom. The maximum Gasteiger partial charge on any atom is 0.202 e. The van der Waals surface area contributed by atoms with Gasteiger partial charge in [0.05, 0.1) is 6.54 Å². The zero-order valence-electron chi connectivity index (χ0n) is 4.79. The average Bonchev–Trinajstić information content (AvgIpc) is 1.65. The Kier molecular flexibility index (Phi) is 3.72. The molecule has 0 spiro atoms. The molecule has 0 saturated carbocycles. The highest BCUT2D eigenvalue weighted by Gasteiger charge is 1.99. The number of aliphatic hydroxyl groups is 2. The van der Waals surface area contributed by atoms with Crippen LogP contribution in [0, 0.1) is 5.21 Å². The lowest BCUT2D eigenvalue weighted by molar-refractivity contribution is -0.852. The van der Waals surface area contributed by atoms with Crippen LogP contribution in [0.4, 0.5) is 0 Å². The van der Waals surface area contributed by atoms with Crippen molar-refractivity contribution in [1.29, 1.82) is 0 Å². The zero-order chi connectivity index (χ0) is 6.57. The fraction of sp³-hybridized carbons (Fsp3) is 1.00. The molecule has 4 nitrogen and oxygen atoms in total. The summed E-state index contributed by atoms with van der Waals surface area (Å²) >= 11 is 0. The van der Waals surface area contributed by atoms with Crippen LogP contribution in [0.2, 0.25) is 0 Å². The molecule has 0 fully saturated rings. The van der Waals surface area contributed by atoms with Crippen LogP contribution in [0.15, 0.2) is 0 Å². The first-order valence-electron chi connectivity index (χ1n) is 2.54. The van der Waals surface area contributed by atoms with Gasteiger partial charge >= 0.3 is 0 Å². The molecule has 0 rings (SSSR count). The summed E-state index contributed by atoms with van der Waals surface area (Å²) in [6.07, 6.45) is -1.47. The first-order chi connectivity index (χ1) is 3.66. The summed E-state index contributed by atoms with van der Waals surface area (Å²) < 4.78 is 0. The van der Waals surface area contributed by atoms with E-state index in [0.29, 0.717) is 6.54 Å². The molecule has 1 unspecified atom stereocenters. The first kappa shape index (κ1) is 7.84. The molecule has 0 aromatic carbocycles. The number of hydroxylamine groups is 2. The minimum absolute atomic E-state index is 0.125. The molecule has 0 aliphatic carbocycles. The lowest BCUT2D eigenvalue weighted by Gasteiger charge is -2.20. The van der Waals surface area contributed by atoms with Crippen molar-refractivity contribution >= 4 is 0 Å². The van der Waals surface area contributed by atoms with Crippen molar-refractivity contribution in [2.24, 2.45) is 0 Å². The minimum Gasteiger partial charge on any atom is -0.634 e. The molecule has 0 aromatic rings. The van der Waals surface area contributed by atoms with Gasteiger partial charge in [0.25, 0.3) is 0 Å². The van der Waals surface area contributed by atoms with Gasteiger partial charge < -0.3 is 20.5 Å². The molecule has 0 amide bonds. The van der Waals surface area contributed by atoms with Crippen molar-refractivity contribution < 1.29 is 15.3 Å². The summed E-state index contributed by atoms with van der Waals surface area (Å²) in [4.78, 5) is 0. The fourth-order valence-corrected chi connectivity index (χ4v) is 0.348. The van der Waals surface area contributed by atoms with Crippen molar-refractivity contribution in [3.05, 3.63) is 5.21 Å². The quantitative estimate of drug-likeness (QED) is 0.290. The fourth-order valence-electron chi connectivity index (χ4n) is 0.348. The van der Waals surface area contributed by atoms with Gasteiger partial charge in [-0.15, -0.1) is 0 Å². The molecule has 0 radical (unpaired) electrons. The number of aliphatic hydroxyl groups excluding tert-OH is 1. The van der Waals surface area contributed by atoms with E-state index in [1.807, 2.05) is 0 Å². The normalized spacial score (nSPS) is 14.6. The van der Waals surface area contributed by atoms with Gasteiger partial charge in [-0.05, 0) is 6.92 Å². The monoisotopic (exact) mass is 121 g/mol. The van der Waals surface area contributed by atoms with Gasteiger partial charge in [-0.2, -0.15) is 0 Å². The van der Waals surface area contributed by atoms with Gasteiger partial charge in [-0.3, -0.25) is 0 Å². The molecular weight excluding hydrogens is 110 g/mol. The maximum absolute atomic E-state index is 10.3. The van der Waals surface area contributed by atoms with Crippen LogP contribution in [-0.2, 0) is 0 Å². The second kappa shape index (κ2) is 3.80. The third kappa shape index (κ3) is 4.01. The number of likely N-dealkylation sites (N-methyl/N-ethyl adjacent to an activating group) is 1. The highest BCUT2D eigenvalue weighted by atomic mass is 16.5. The predicted octanol–water partition coefficient (Wildman–Crippen LogP) is -2.30. The van der Waals surface area contributed by atoms with E-state index >= 15 is 0 Å². The molecule has 3 N–H and O–H groups in total. The van der Waals surface area contributed by atoms with E-state index < -0.39 is 6.29 Å². The van der Waals surface area contributed by atoms with E-state index in [9.17, 15) is 5.21 Å². The van der Waals surface area contributed by atoms with Gasteiger partial charge in [0.2, 0.25) is 6.29 Å². The maximum atomic E-state index is 10.3. The van der Waals surface area contributed by atoms with Crippen molar-refractivity contribution in [3.63, 3.8) is 0 Å². The third-order valence-electron chi connectivity index (χ3n) is 0.805. The minimum atomic E-state index is -1.47. The van der Waals surface area contributed by atoms with Gasteiger partial charge in [0.1, 0.15) is 6.54 Å². The van der Waals surface area contributed by atoms with Gasteiger partial charge in [-0.1, -0.05) is 0 Å². The molecule has 4 heteroatoms. The molecule has 0 aliphatic rings. The van der Waals surface area contributed by atoms with Crippen LogP contribution in [0.25, 0.3) is 0 Å². The first-order valence-corrected chi connectivity index (χ1v) is 2.54. The molecule has 0 saturated heterocycles. The van der Waals surface area contributed by atoms with Crippen LogP contribution in [0.3, 0.4) is 0 Å². The zero-order valence-corrected chi connectivity index (χ0v) is 4.79. The Hall–Kier alpha value is -0.160. The van der Waals surface area contributed by atoms with Crippen LogP contribution in [0.5, 0.6) is 0 Å². The lowest BCUT2D eigenvalue weighted by atomic mass is 10.6. The standard InChI is InChI=1S/C4H11NO3/c1-2-5(8)3-4(6)7/h4-7H,2-3H2,1H3. The molecule has 0 heterocycles. The second-order valence-corrected chi connectivity index (χ2v) is 1.58. The van der Waals surface area contributed by atoms with E-state index in [4.69, 9.17) is 10.2 Å². The average molecular weight is 121 g/mol. The van der Waals surface area contributed by atoms with E-state index in [0.717, 1.165) is 0 Å². The van der Waals surface area contributed by atoms with Crippen molar-refractivity contribution in [2.45, 2.75) is 13.2 Å². The highest BCUT2D eigenvalue weighted by molar-refractivity contribution is 4.27. The Morgan fingerprint density at radius 1 is 1.62 bits per heavy atom. The molecule has 8 heavy (non-hydrogen) atoms. The lowest BCUT2D eigenvalue weighted by Crippen LogP contribution is -3.08. The summed E-state index contributed by atoms with van der Waals surface area (Å²) in [6.45, 7) is 1.92. The smallest absolute Gasteiger partial charge is 0.202 e. The van der Waals surface area contributed by atoms with E-state index in [1.165, 1.54) is 0 Å². The highest BCUT2D eigenvalue weighted by Crippen LogP contribution is 1.61. The number of nitrogens with one attached hydrogen (secondary N) is 1. The van der Waals surface area contributed by atoms with Crippen LogP contribution in [-0.4, -0.2) is 29.6 Å². The summed E-state index contributed by atoms with van der Waals surface area (Å²) in [5.41, 5.74) is 0. The summed E-state index contributed by atoms with van der Waals surface area (Å²) in [5.74, 6) is 0. The predicted molar refractivity (Wildman–Crippen MR) is 28.0 cm³/mol.